The molecule has 0 radical (unpaired) electrons. The third-order valence-electron chi connectivity index (χ3n) is 0.829. The highest BCUT2D eigenvalue weighted by atomic mass is 16.1. The molecule has 50 valence electrons. The molecule has 0 unspecified atom stereocenters. The normalized spacial score (nSPS) is 10.0. The molecular formula is C8H12O. The zero-order valence-corrected chi connectivity index (χ0v) is 5.98. The zero-order chi connectivity index (χ0) is 7.28. The summed E-state index contributed by atoms with van der Waals surface area (Å²) >= 11 is 0. The van der Waals surface area contributed by atoms with Gasteiger partial charge in [0.2, 0.25) is 0 Å². The number of carbonyl (C=O) groups excluding carboxylic acids is 1. The molecule has 0 aromatic carbocycles. The summed E-state index contributed by atoms with van der Waals surface area (Å²) in [6, 6.07) is 0. The van der Waals surface area contributed by atoms with E-state index in [2.05, 4.69) is 6.58 Å². The van der Waals surface area contributed by atoms with Gasteiger partial charge in [0.15, 0.2) is 5.78 Å². The first kappa shape index (κ1) is 8.15. The highest BCUT2D eigenvalue weighted by Crippen LogP contribution is 1.96. The Morgan fingerprint density at radius 2 is 2.22 bits per heavy atom. The van der Waals surface area contributed by atoms with E-state index in [-0.39, 0.29) is 5.78 Å². The SMILES string of the molecule is C=C(C)CC(=O)/C=C/C. The van der Waals surface area contributed by atoms with Crippen molar-refractivity contribution in [2.45, 2.75) is 20.3 Å². The highest BCUT2D eigenvalue weighted by molar-refractivity contribution is 5.91. The molecular weight excluding hydrogens is 112 g/mol. The summed E-state index contributed by atoms with van der Waals surface area (Å²) in [5.74, 6) is 0.130. The molecule has 0 saturated heterocycles. The van der Waals surface area contributed by atoms with Gasteiger partial charge in [-0.25, -0.2) is 0 Å². The van der Waals surface area contributed by atoms with Crippen LogP contribution in [0.15, 0.2) is 24.3 Å². The Kier molecular flexibility index (Phi) is 3.69. The van der Waals surface area contributed by atoms with Gasteiger partial charge in [-0.2, -0.15) is 0 Å². The van der Waals surface area contributed by atoms with Crippen molar-refractivity contribution >= 4 is 5.78 Å². The number of carbonyl (C=O) groups is 1. The lowest BCUT2D eigenvalue weighted by Gasteiger charge is -1.90. The van der Waals surface area contributed by atoms with Crippen molar-refractivity contribution in [3.8, 4) is 0 Å². The Labute approximate surface area is 56.1 Å². The van der Waals surface area contributed by atoms with Crippen molar-refractivity contribution in [1.82, 2.24) is 0 Å². The maximum atomic E-state index is 10.7. The molecule has 0 aromatic heterocycles. The van der Waals surface area contributed by atoms with Gasteiger partial charge >= 0.3 is 0 Å². The van der Waals surface area contributed by atoms with Gasteiger partial charge in [0.05, 0.1) is 0 Å². The smallest absolute Gasteiger partial charge is 0.159 e. The van der Waals surface area contributed by atoms with Gasteiger partial charge in [-0.3, -0.25) is 4.79 Å². The van der Waals surface area contributed by atoms with Gasteiger partial charge < -0.3 is 0 Å². The summed E-state index contributed by atoms with van der Waals surface area (Å²) in [5, 5.41) is 0. The minimum atomic E-state index is 0.130. The van der Waals surface area contributed by atoms with E-state index >= 15 is 0 Å². The molecule has 9 heavy (non-hydrogen) atoms. The Morgan fingerprint density at radius 1 is 1.67 bits per heavy atom. The van der Waals surface area contributed by atoms with Crippen LogP contribution in [0.4, 0.5) is 0 Å². The van der Waals surface area contributed by atoms with Crippen LogP contribution in [0.5, 0.6) is 0 Å². The van der Waals surface area contributed by atoms with Crippen LogP contribution in [0.2, 0.25) is 0 Å². The molecule has 0 N–H and O–H groups in total. The third kappa shape index (κ3) is 5.01. The maximum absolute atomic E-state index is 10.7. The van der Waals surface area contributed by atoms with Crippen LogP contribution >= 0.6 is 0 Å². The molecule has 1 heteroatoms. The third-order valence-corrected chi connectivity index (χ3v) is 0.829. The van der Waals surface area contributed by atoms with Crippen molar-refractivity contribution in [3.63, 3.8) is 0 Å². The number of allylic oxidation sites excluding steroid dienone is 3. The van der Waals surface area contributed by atoms with E-state index in [1.807, 2.05) is 13.8 Å². The largest absolute Gasteiger partial charge is 0.295 e. The number of hydrogen-bond donors (Lipinski definition) is 0. The zero-order valence-electron chi connectivity index (χ0n) is 5.98. The minimum absolute atomic E-state index is 0.130. The summed E-state index contributed by atoms with van der Waals surface area (Å²) < 4.78 is 0. The van der Waals surface area contributed by atoms with Crippen LogP contribution in [0, 0.1) is 0 Å². The molecule has 0 bridgehead atoms. The van der Waals surface area contributed by atoms with E-state index in [4.69, 9.17) is 0 Å². The fourth-order valence-electron chi connectivity index (χ4n) is 0.542. The quantitative estimate of drug-likeness (QED) is 0.416. The van der Waals surface area contributed by atoms with Crippen LogP contribution in [-0.2, 0) is 4.79 Å². The minimum Gasteiger partial charge on any atom is -0.295 e. The van der Waals surface area contributed by atoms with Crippen molar-refractivity contribution in [2.24, 2.45) is 0 Å². The summed E-state index contributed by atoms with van der Waals surface area (Å²) in [6.45, 7) is 7.30. The van der Waals surface area contributed by atoms with Crippen LogP contribution in [0.1, 0.15) is 20.3 Å². The number of rotatable bonds is 3. The Hall–Kier alpha value is -0.850. The maximum Gasteiger partial charge on any atom is 0.159 e. The second kappa shape index (κ2) is 4.07. The first-order valence-corrected chi connectivity index (χ1v) is 2.96. The fraction of sp³-hybridized carbons (Fsp3) is 0.375. The van der Waals surface area contributed by atoms with Crippen molar-refractivity contribution in [3.05, 3.63) is 24.3 Å². The Balaban J connectivity index is 3.64. The molecule has 0 spiro atoms. The molecule has 0 aliphatic heterocycles. The van der Waals surface area contributed by atoms with Gasteiger partial charge in [0.1, 0.15) is 0 Å². The average Bonchev–Trinajstić information content (AvgIpc) is 1.63. The van der Waals surface area contributed by atoms with Crippen LogP contribution in [0.3, 0.4) is 0 Å². The second-order valence-electron chi connectivity index (χ2n) is 2.10. The predicted octanol–water partition coefficient (Wildman–Crippen LogP) is 2.10. The van der Waals surface area contributed by atoms with Gasteiger partial charge in [-0.1, -0.05) is 18.2 Å². The van der Waals surface area contributed by atoms with E-state index in [9.17, 15) is 4.79 Å². The Morgan fingerprint density at radius 3 is 2.56 bits per heavy atom. The number of ketones is 1. The number of hydrogen-bond acceptors (Lipinski definition) is 1. The van der Waals surface area contributed by atoms with Crippen molar-refractivity contribution < 1.29 is 4.79 Å². The van der Waals surface area contributed by atoms with E-state index in [0.717, 1.165) is 5.57 Å². The van der Waals surface area contributed by atoms with Gasteiger partial charge in [-0.15, -0.1) is 0 Å². The summed E-state index contributed by atoms with van der Waals surface area (Å²) in [5.41, 5.74) is 0.915. The van der Waals surface area contributed by atoms with E-state index in [1.165, 1.54) is 0 Å². The first-order chi connectivity index (χ1) is 4.16. The van der Waals surface area contributed by atoms with Gasteiger partial charge in [0.25, 0.3) is 0 Å². The van der Waals surface area contributed by atoms with Crippen LogP contribution in [0.25, 0.3) is 0 Å². The van der Waals surface area contributed by atoms with E-state index < -0.39 is 0 Å². The average molecular weight is 124 g/mol. The van der Waals surface area contributed by atoms with E-state index in [0.29, 0.717) is 6.42 Å². The second-order valence-corrected chi connectivity index (χ2v) is 2.10. The summed E-state index contributed by atoms with van der Waals surface area (Å²) in [7, 11) is 0. The van der Waals surface area contributed by atoms with Gasteiger partial charge in [0, 0.05) is 6.42 Å². The van der Waals surface area contributed by atoms with Crippen molar-refractivity contribution in [1.29, 1.82) is 0 Å². The topological polar surface area (TPSA) is 17.1 Å². The fourth-order valence-corrected chi connectivity index (χ4v) is 0.542. The lowest BCUT2D eigenvalue weighted by Crippen LogP contribution is -1.91. The van der Waals surface area contributed by atoms with E-state index in [1.54, 1.807) is 12.2 Å². The molecule has 0 fully saturated rings. The van der Waals surface area contributed by atoms with Crippen LogP contribution in [-0.4, -0.2) is 5.78 Å². The van der Waals surface area contributed by atoms with Gasteiger partial charge in [-0.05, 0) is 19.9 Å². The summed E-state index contributed by atoms with van der Waals surface area (Å²) in [6.07, 6.45) is 3.78. The molecule has 0 amide bonds. The molecule has 0 atom stereocenters. The lowest BCUT2D eigenvalue weighted by atomic mass is 10.2. The molecule has 0 aromatic rings. The Bertz CT molecular complexity index is 143. The lowest BCUT2D eigenvalue weighted by molar-refractivity contribution is -0.114. The highest BCUT2D eigenvalue weighted by Gasteiger charge is 1.93. The predicted molar refractivity (Wildman–Crippen MR) is 39.3 cm³/mol. The molecule has 0 aliphatic carbocycles. The molecule has 0 aliphatic rings. The molecule has 0 rings (SSSR count). The first-order valence-electron chi connectivity index (χ1n) is 2.96. The van der Waals surface area contributed by atoms with Crippen molar-refractivity contribution in [2.75, 3.05) is 0 Å². The molecule has 0 saturated carbocycles. The standard InChI is InChI=1S/C8H12O/c1-4-5-8(9)6-7(2)3/h4-5H,2,6H2,1,3H3/b5-4+. The monoisotopic (exact) mass is 124 g/mol. The molecule has 0 heterocycles. The summed E-state index contributed by atoms with van der Waals surface area (Å²) in [4.78, 5) is 10.7. The molecule has 1 nitrogen and oxygen atoms in total. The van der Waals surface area contributed by atoms with Crippen LogP contribution < -0.4 is 0 Å².